The molecule has 1 amide bonds. The van der Waals surface area contributed by atoms with Crippen molar-refractivity contribution in [2.45, 2.75) is 94.4 Å². The highest BCUT2D eigenvalue weighted by Gasteiger charge is 2.48. The number of aryl methyl sites for hydroxylation is 1. The minimum atomic E-state index is -4.10. The summed E-state index contributed by atoms with van der Waals surface area (Å²) in [5.41, 5.74) is 3.28. The highest BCUT2D eigenvalue weighted by molar-refractivity contribution is 9.08. The van der Waals surface area contributed by atoms with E-state index in [0.717, 1.165) is 78.2 Å². The number of aromatic nitrogens is 1. The molecule has 44 heavy (non-hydrogen) atoms. The number of anilines is 1. The number of carbonyl (C=O) groups excluding carboxylic acids is 1. The Balaban J connectivity index is 1.49. The maximum absolute atomic E-state index is 14.2. The summed E-state index contributed by atoms with van der Waals surface area (Å²) in [7, 11) is -2.65. The average Bonchev–Trinajstić information content (AvgIpc) is 3.49. The number of benzene rings is 2. The summed E-state index contributed by atoms with van der Waals surface area (Å²) in [6, 6.07) is 12.9. The molecule has 11 heteroatoms. The van der Waals surface area contributed by atoms with E-state index in [4.69, 9.17) is 14.3 Å². The fraction of sp³-hybridized carbons (Fsp3) is 0.485. The number of carbonyl (C=O) groups is 1. The van der Waals surface area contributed by atoms with Crippen LogP contribution in [0, 0.1) is 13.8 Å². The van der Waals surface area contributed by atoms with E-state index in [-0.39, 0.29) is 23.4 Å². The SMILES string of the molecule is CCCCC1=NC2(CCCCC2)C(=O)N1Cc1ccc(-c2ccccc2S(=O)(=O)N(COC)c2noc(C)c2C)c(CBr)c1. The molecule has 0 saturated heterocycles. The quantitative estimate of drug-likeness (QED) is 0.147. The molecule has 1 aromatic heterocycles. The number of unbranched alkanes of at least 4 members (excludes halogenated alkanes) is 1. The van der Waals surface area contributed by atoms with E-state index in [1.165, 1.54) is 7.11 Å². The third-order valence-electron chi connectivity index (χ3n) is 8.75. The van der Waals surface area contributed by atoms with Crippen molar-refractivity contribution >= 4 is 43.5 Å². The molecular formula is C33H41BrN4O5S. The van der Waals surface area contributed by atoms with Crippen molar-refractivity contribution in [1.29, 1.82) is 0 Å². The summed E-state index contributed by atoms with van der Waals surface area (Å²) in [6.45, 7) is 5.88. The van der Waals surface area contributed by atoms with Gasteiger partial charge in [0.15, 0.2) is 5.82 Å². The predicted octanol–water partition coefficient (Wildman–Crippen LogP) is 7.29. The van der Waals surface area contributed by atoms with Crippen molar-refractivity contribution in [2.75, 3.05) is 18.1 Å². The number of nitrogens with zero attached hydrogens (tertiary/aromatic N) is 4. The highest BCUT2D eigenvalue weighted by Crippen LogP contribution is 2.40. The molecule has 1 fully saturated rings. The van der Waals surface area contributed by atoms with Gasteiger partial charge in [0, 0.05) is 30.0 Å². The number of amides is 1. The Morgan fingerprint density at radius 2 is 1.84 bits per heavy atom. The molecule has 1 aliphatic carbocycles. The molecular weight excluding hydrogens is 644 g/mol. The van der Waals surface area contributed by atoms with Crippen molar-refractivity contribution in [3.05, 3.63) is 64.9 Å². The van der Waals surface area contributed by atoms with Crippen molar-refractivity contribution in [3.63, 3.8) is 0 Å². The molecule has 5 rings (SSSR count). The maximum Gasteiger partial charge on any atom is 0.268 e. The van der Waals surface area contributed by atoms with E-state index >= 15 is 0 Å². The summed E-state index contributed by atoms with van der Waals surface area (Å²) in [4.78, 5) is 20.9. The van der Waals surface area contributed by atoms with Crippen LogP contribution in [0.25, 0.3) is 11.1 Å². The van der Waals surface area contributed by atoms with Gasteiger partial charge in [0.05, 0.1) is 11.4 Å². The molecule has 1 saturated carbocycles. The number of aliphatic imine (C=N–C) groups is 1. The van der Waals surface area contributed by atoms with Crippen LogP contribution < -0.4 is 4.31 Å². The van der Waals surface area contributed by atoms with Crippen molar-refractivity contribution in [3.8, 4) is 11.1 Å². The first-order valence-corrected chi connectivity index (χ1v) is 17.9. The van der Waals surface area contributed by atoms with Crippen LogP contribution in [0.3, 0.4) is 0 Å². The molecule has 3 aromatic rings. The lowest BCUT2D eigenvalue weighted by molar-refractivity contribution is -0.132. The summed E-state index contributed by atoms with van der Waals surface area (Å²) >= 11 is 3.64. The Labute approximate surface area is 268 Å². The van der Waals surface area contributed by atoms with E-state index in [2.05, 4.69) is 34.1 Å². The van der Waals surface area contributed by atoms with Gasteiger partial charge in [-0.3, -0.25) is 14.7 Å². The molecule has 2 heterocycles. The van der Waals surface area contributed by atoms with Crippen molar-refractivity contribution < 1.29 is 22.5 Å². The smallest absolute Gasteiger partial charge is 0.268 e. The third kappa shape index (κ3) is 6.10. The van der Waals surface area contributed by atoms with Gasteiger partial charge in [-0.25, -0.2) is 12.7 Å². The first-order valence-electron chi connectivity index (χ1n) is 15.3. The second-order valence-electron chi connectivity index (χ2n) is 11.7. The molecule has 1 aliphatic heterocycles. The lowest BCUT2D eigenvalue weighted by atomic mass is 9.82. The van der Waals surface area contributed by atoms with Gasteiger partial charge >= 0.3 is 0 Å². The third-order valence-corrected chi connectivity index (χ3v) is 11.1. The Morgan fingerprint density at radius 3 is 2.50 bits per heavy atom. The Kier molecular flexibility index (Phi) is 9.96. The van der Waals surface area contributed by atoms with Gasteiger partial charge in [0.25, 0.3) is 15.9 Å². The summed E-state index contributed by atoms with van der Waals surface area (Å²) in [5.74, 6) is 1.76. The zero-order valence-corrected chi connectivity index (χ0v) is 28.3. The highest BCUT2D eigenvalue weighted by atomic mass is 79.9. The first-order chi connectivity index (χ1) is 21.2. The second kappa shape index (κ2) is 13.5. The van der Waals surface area contributed by atoms with E-state index in [9.17, 15) is 13.2 Å². The van der Waals surface area contributed by atoms with Crippen LogP contribution in [0.15, 0.2) is 56.9 Å². The van der Waals surface area contributed by atoms with Gasteiger partial charge in [0.2, 0.25) is 0 Å². The van der Waals surface area contributed by atoms with Crippen LogP contribution >= 0.6 is 15.9 Å². The Bertz CT molecular complexity index is 1650. The van der Waals surface area contributed by atoms with Gasteiger partial charge in [-0.05, 0) is 55.9 Å². The van der Waals surface area contributed by atoms with Crippen LogP contribution in [0.1, 0.15) is 80.7 Å². The van der Waals surface area contributed by atoms with E-state index in [0.29, 0.717) is 28.8 Å². The molecule has 0 N–H and O–H groups in total. The Morgan fingerprint density at radius 1 is 1.09 bits per heavy atom. The van der Waals surface area contributed by atoms with Crippen LogP contribution in [0.4, 0.5) is 5.82 Å². The monoisotopic (exact) mass is 684 g/mol. The lowest BCUT2D eigenvalue weighted by Gasteiger charge is -2.30. The van der Waals surface area contributed by atoms with Gasteiger partial charge in [-0.1, -0.05) is 90.1 Å². The summed E-state index contributed by atoms with van der Waals surface area (Å²) in [5, 5.41) is 4.53. The zero-order chi connectivity index (χ0) is 31.5. The topological polar surface area (TPSA) is 105 Å². The van der Waals surface area contributed by atoms with E-state index in [1.54, 1.807) is 26.0 Å². The fourth-order valence-electron chi connectivity index (χ4n) is 6.21. The minimum absolute atomic E-state index is 0.126. The molecule has 0 atom stereocenters. The van der Waals surface area contributed by atoms with E-state index in [1.807, 2.05) is 29.2 Å². The normalized spacial score (nSPS) is 16.5. The standard InChI is InChI=1S/C33H41BrN4O5S/c1-5-6-14-30-35-33(17-10-7-11-18-33)32(39)37(30)21-25-15-16-27(26(19-25)20-34)28-12-8-9-13-29(28)44(40,41)38(22-42-4)31-23(2)24(3)43-36-31/h8-9,12-13,15-16,19H,5-7,10-11,14,17-18,20-22H2,1-4H3. The molecule has 0 radical (unpaired) electrons. The number of amidine groups is 1. The van der Waals surface area contributed by atoms with Crippen molar-refractivity contribution in [2.24, 2.45) is 4.99 Å². The minimum Gasteiger partial charge on any atom is -0.363 e. The molecule has 2 aromatic carbocycles. The van der Waals surface area contributed by atoms with Gasteiger partial charge in [0.1, 0.15) is 23.9 Å². The average molecular weight is 686 g/mol. The zero-order valence-electron chi connectivity index (χ0n) is 25.9. The molecule has 9 nitrogen and oxygen atoms in total. The number of halogens is 1. The van der Waals surface area contributed by atoms with Crippen LogP contribution in [-0.4, -0.2) is 49.6 Å². The van der Waals surface area contributed by atoms with E-state index < -0.39 is 15.6 Å². The van der Waals surface area contributed by atoms with Crippen molar-refractivity contribution in [1.82, 2.24) is 10.1 Å². The fourth-order valence-corrected chi connectivity index (χ4v) is 8.26. The number of alkyl halides is 1. The number of sulfonamides is 1. The van der Waals surface area contributed by atoms with Gasteiger partial charge in [-0.15, -0.1) is 0 Å². The number of hydrogen-bond acceptors (Lipinski definition) is 7. The number of hydrogen-bond donors (Lipinski definition) is 0. The van der Waals surface area contributed by atoms with Gasteiger partial charge < -0.3 is 9.26 Å². The molecule has 236 valence electrons. The second-order valence-corrected chi connectivity index (χ2v) is 14.1. The predicted molar refractivity (Wildman–Crippen MR) is 175 cm³/mol. The number of methoxy groups -OCH3 is 1. The molecule has 0 bridgehead atoms. The summed E-state index contributed by atoms with van der Waals surface area (Å²) < 4.78 is 40.1. The number of ether oxygens (including phenoxy) is 1. The number of rotatable bonds is 12. The first kappa shape index (κ1) is 32.4. The van der Waals surface area contributed by atoms with Crippen LogP contribution in [0.2, 0.25) is 0 Å². The lowest BCUT2D eigenvalue weighted by Crippen LogP contribution is -2.43. The van der Waals surface area contributed by atoms with Crippen LogP contribution in [-0.2, 0) is 31.4 Å². The van der Waals surface area contributed by atoms with Gasteiger partial charge in [-0.2, -0.15) is 0 Å². The molecule has 1 spiro atoms. The Hall–Kier alpha value is -3.02. The van der Waals surface area contributed by atoms with Crippen LogP contribution in [0.5, 0.6) is 0 Å². The summed E-state index contributed by atoms with van der Waals surface area (Å²) in [6.07, 6.45) is 7.69. The molecule has 2 aliphatic rings. The maximum atomic E-state index is 14.2. The molecule has 0 unspecified atom stereocenters. The largest absolute Gasteiger partial charge is 0.363 e.